The third-order valence-corrected chi connectivity index (χ3v) is 8.28. The molecule has 160 valence electrons. The Labute approximate surface area is 179 Å². The van der Waals surface area contributed by atoms with Crippen LogP contribution in [0.3, 0.4) is 0 Å². The maximum atomic E-state index is 13.2. The van der Waals surface area contributed by atoms with E-state index in [4.69, 9.17) is 4.74 Å². The fourth-order valence-corrected chi connectivity index (χ4v) is 6.55. The van der Waals surface area contributed by atoms with Gasteiger partial charge in [-0.3, -0.25) is 9.69 Å². The van der Waals surface area contributed by atoms with Crippen molar-refractivity contribution in [2.45, 2.75) is 51.6 Å². The van der Waals surface area contributed by atoms with Crippen molar-refractivity contribution < 1.29 is 13.9 Å². The monoisotopic (exact) mass is 409 g/mol. The summed E-state index contributed by atoms with van der Waals surface area (Å²) < 4.78 is 19.1. The van der Waals surface area contributed by atoms with E-state index in [1.54, 1.807) is 0 Å². The summed E-state index contributed by atoms with van der Waals surface area (Å²) in [5.41, 5.74) is 4.01. The van der Waals surface area contributed by atoms with Crippen molar-refractivity contribution in [3.8, 4) is 0 Å². The number of ether oxygens (including phenoxy) is 1. The molecule has 2 aliphatic carbocycles. The quantitative estimate of drug-likeness (QED) is 0.506. The molecule has 2 saturated carbocycles. The Morgan fingerprint density at radius 3 is 2.80 bits per heavy atom. The minimum Gasteiger partial charge on any atom is -0.462 e. The summed E-state index contributed by atoms with van der Waals surface area (Å²) in [6, 6.07) is 6.75. The Kier molecular flexibility index (Phi) is 5.09. The molecule has 5 rings (SSSR count). The Bertz CT molecular complexity index is 876. The number of fused-ring (bicyclic) bond motifs is 2. The molecule has 4 heteroatoms. The highest BCUT2D eigenvalue weighted by Crippen LogP contribution is 2.57. The van der Waals surface area contributed by atoms with Gasteiger partial charge in [-0.05, 0) is 73.1 Å². The lowest BCUT2D eigenvalue weighted by Gasteiger charge is -2.50. The number of carbonyl (C=O) groups excluding carboxylic acids is 1. The van der Waals surface area contributed by atoms with Crippen molar-refractivity contribution in [3.05, 3.63) is 53.9 Å². The first-order valence-electron chi connectivity index (χ1n) is 11.5. The number of benzene rings is 1. The predicted octanol–water partition coefficient (Wildman–Crippen LogP) is 5.23. The molecule has 30 heavy (non-hydrogen) atoms. The number of hydrogen-bond acceptors (Lipinski definition) is 3. The minimum atomic E-state index is -0.199. The van der Waals surface area contributed by atoms with Crippen LogP contribution in [0.5, 0.6) is 0 Å². The molecule has 0 bridgehead atoms. The van der Waals surface area contributed by atoms with Gasteiger partial charge >= 0.3 is 5.97 Å². The summed E-state index contributed by atoms with van der Waals surface area (Å²) in [6.07, 6.45) is 8.89. The van der Waals surface area contributed by atoms with E-state index < -0.39 is 0 Å². The smallest absolute Gasteiger partial charge is 0.310 e. The molecule has 1 aromatic carbocycles. The van der Waals surface area contributed by atoms with E-state index in [9.17, 15) is 9.18 Å². The van der Waals surface area contributed by atoms with E-state index >= 15 is 0 Å². The van der Waals surface area contributed by atoms with Gasteiger partial charge in [-0.2, -0.15) is 0 Å². The Hall–Kier alpha value is -1.94. The molecule has 0 spiro atoms. The van der Waals surface area contributed by atoms with Crippen LogP contribution >= 0.6 is 0 Å². The van der Waals surface area contributed by atoms with Gasteiger partial charge in [0.25, 0.3) is 0 Å². The second-order valence-electron chi connectivity index (χ2n) is 10.1. The number of rotatable bonds is 3. The van der Waals surface area contributed by atoms with Gasteiger partial charge in [0.2, 0.25) is 0 Å². The number of carbonyl (C=O) groups is 1. The molecule has 2 aliphatic heterocycles. The molecule has 0 N–H and O–H groups in total. The van der Waals surface area contributed by atoms with Gasteiger partial charge in [-0.15, -0.1) is 0 Å². The lowest BCUT2D eigenvalue weighted by atomic mass is 9.55. The molecule has 5 atom stereocenters. The van der Waals surface area contributed by atoms with E-state index in [0.717, 1.165) is 50.9 Å². The maximum Gasteiger partial charge on any atom is 0.310 e. The lowest BCUT2D eigenvalue weighted by molar-refractivity contribution is -0.146. The summed E-state index contributed by atoms with van der Waals surface area (Å²) in [5.74, 6) is 0.653. The van der Waals surface area contributed by atoms with Crippen LogP contribution in [0, 0.1) is 29.0 Å². The zero-order valence-electron chi connectivity index (χ0n) is 17.9. The highest BCUT2D eigenvalue weighted by molar-refractivity contribution is 5.76. The highest BCUT2D eigenvalue weighted by atomic mass is 19.1. The molecular formula is C26H32FNO2. The zero-order chi connectivity index (χ0) is 20.9. The molecule has 3 fully saturated rings. The van der Waals surface area contributed by atoms with Crippen LogP contribution in [0.1, 0.15) is 51.0 Å². The Morgan fingerprint density at radius 2 is 2.07 bits per heavy atom. The molecule has 0 radical (unpaired) electrons. The van der Waals surface area contributed by atoms with Gasteiger partial charge in [-0.25, -0.2) is 4.39 Å². The SMILES string of the molecule is C=C1CCC[C@]2(C)C[C@H]3OC(=O)[C@H](CN4CC=C(c5ccc(F)cc5)CC4)[C@H]3C[C@@H]12. The number of nitrogens with zero attached hydrogens (tertiary/aromatic N) is 1. The Morgan fingerprint density at radius 1 is 1.27 bits per heavy atom. The zero-order valence-corrected chi connectivity index (χ0v) is 17.9. The maximum absolute atomic E-state index is 13.2. The van der Waals surface area contributed by atoms with Crippen molar-refractivity contribution in [3.63, 3.8) is 0 Å². The van der Waals surface area contributed by atoms with Crippen LogP contribution < -0.4 is 0 Å². The average Bonchev–Trinajstić information content (AvgIpc) is 3.01. The molecule has 1 saturated heterocycles. The second kappa shape index (κ2) is 7.64. The van der Waals surface area contributed by atoms with Crippen molar-refractivity contribution in [1.29, 1.82) is 0 Å². The number of allylic oxidation sites excluding steroid dienone is 1. The molecular weight excluding hydrogens is 377 g/mol. The minimum absolute atomic E-state index is 0.00571. The fraction of sp³-hybridized carbons (Fsp3) is 0.577. The normalized spacial score (nSPS) is 36.7. The summed E-state index contributed by atoms with van der Waals surface area (Å²) >= 11 is 0. The molecule has 0 unspecified atom stereocenters. The summed E-state index contributed by atoms with van der Waals surface area (Å²) in [5, 5.41) is 0. The number of halogens is 1. The summed E-state index contributed by atoms with van der Waals surface area (Å²) in [6.45, 7) is 9.32. The average molecular weight is 410 g/mol. The van der Waals surface area contributed by atoms with Gasteiger partial charge in [0.05, 0.1) is 5.92 Å². The largest absolute Gasteiger partial charge is 0.462 e. The van der Waals surface area contributed by atoms with Crippen molar-refractivity contribution >= 4 is 11.5 Å². The van der Waals surface area contributed by atoms with Crippen LogP contribution in [0.25, 0.3) is 5.57 Å². The fourth-order valence-electron chi connectivity index (χ4n) is 6.55. The second-order valence-corrected chi connectivity index (χ2v) is 10.1. The molecule has 3 nitrogen and oxygen atoms in total. The van der Waals surface area contributed by atoms with Crippen molar-refractivity contribution in [2.75, 3.05) is 19.6 Å². The lowest BCUT2D eigenvalue weighted by Crippen LogP contribution is -2.46. The van der Waals surface area contributed by atoms with E-state index in [2.05, 4.69) is 24.5 Å². The third kappa shape index (κ3) is 3.53. The van der Waals surface area contributed by atoms with Crippen molar-refractivity contribution in [2.24, 2.45) is 23.2 Å². The molecule has 0 amide bonds. The standard InChI is InChI=1S/C26H32FNO2/c1-17-4-3-11-26(2)15-24-21(14-23(17)26)22(25(29)30-24)16-28-12-9-19(10-13-28)18-5-7-20(27)8-6-18/h5-9,21-24H,1,3-4,10-16H2,2H3/t21-,22-,23+,24-,26-/m1/s1. The van der Waals surface area contributed by atoms with Crippen molar-refractivity contribution in [1.82, 2.24) is 4.90 Å². The first-order chi connectivity index (χ1) is 14.4. The van der Waals surface area contributed by atoms with Gasteiger partial charge in [0, 0.05) is 25.6 Å². The van der Waals surface area contributed by atoms with Crippen LogP contribution in [0.15, 0.2) is 42.5 Å². The van der Waals surface area contributed by atoms with Gasteiger partial charge in [-0.1, -0.05) is 37.3 Å². The Balaban J connectivity index is 1.26. The first-order valence-corrected chi connectivity index (χ1v) is 11.5. The third-order valence-electron chi connectivity index (χ3n) is 8.28. The van der Waals surface area contributed by atoms with Gasteiger partial charge < -0.3 is 4.74 Å². The number of esters is 1. The van der Waals surface area contributed by atoms with E-state index in [1.807, 2.05) is 12.1 Å². The molecule has 1 aromatic rings. The predicted molar refractivity (Wildman–Crippen MR) is 116 cm³/mol. The van der Waals surface area contributed by atoms with E-state index in [0.29, 0.717) is 11.8 Å². The molecule has 2 heterocycles. The van der Waals surface area contributed by atoms with Crippen LogP contribution in [-0.2, 0) is 9.53 Å². The van der Waals surface area contributed by atoms with Crippen LogP contribution in [0.4, 0.5) is 4.39 Å². The molecule has 4 aliphatic rings. The van der Waals surface area contributed by atoms with Crippen LogP contribution in [-0.4, -0.2) is 36.6 Å². The van der Waals surface area contributed by atoms with Gasteiger partial charge in [0.15, 0.2) is 0 Å². The summed E-state index contributed by atoms with van der Waals surface area (Å²) in [4.78, 5) is 15.2. The molecule has 0 aromatic heterocycles. The highest BCUT2D eigenvalue weighted by Gasteiger charge is 2.55. The topological polar surface area (TPSA) is 29.5 Å². The van der Waals surface area contributed by atoms with E-state index in [-0.39, 0.29) is 29.2 Å². The van der Waals surface area contributed by atoms with Gasteiger partial charge in [0.1, 0.15) is 11.9 Å². The first kappa shape index (κ1) is 20.0. The van der Waals surface area contributed by atoms with Crippen LogP contribution in [0.2, 0.25) is 0 Å². The number of hydrogen-bond donors (Lipinski definition) is 0. The van der Waals surface area contributed by atoms with E-state index in [1.165, 1.54) is 36.1 Å². The summed E-state index contributed by atoms with van der Waals surface area (Å²) in [7, 11) is 0.